The molecule has 3 aromatic rings. The van der Waals surface area contributed by atoms with Crippen molar-refractivity contribution < 1.29 is 43.5 Å². The minimum Gasteiger partial charge on any atom is -0.504 e. The van der Waals surface area contributed by atoms with E-state index in [2.05, 4.69) is 16.0 Å². The van der Waals surface area contributed by atoms with E-state index in [4.69, 9.17) is 18.9 Å². The van der Waals surface area contributed by atoms with E-state index in [1.165, 1.54) is 32.9 Å². The molecule has 2 aliphatic rings. The van der Waals surface area contributed by atoms with Gasteiger partial charge in [-0.25, -0.2) is 0 Å². The number of nitrogens with one attached hydrogen (secondary N) is 3. The molecule has 5 N–H and O–H groups in total. The Morgan fingerprint density at radius 3 is 1.83 bits per heavy atom. The van der Waals surface area contributed by atoms with Crippen LogP contribution in [0.2, 0.25) is 0 Å². The minimum absolute atomic E-state index is 0.112. The zero-order valence-electron chi connectivity index (χ0n) is 23.2. The van der Waals surface area contributed by atoms with Crippen molar-refractivity contribution in [2.24, 2.45) is 0 Å². The number of phenolic OH excluding ortho intramolecular Hbond substituents is 2. The van der Waals surface area contributed by atoms with Crippen LogP contribution >= 0.6 is 0 Å². The van der Waals surface area contributed by atoms with Crippen molar-refractivity contribution in [3.05, 3.63) is 71.3 Å². The van der Waals surface area contributed by atoms with Crippen molar-refractivity contribution in [2.45, 2.75) is 51.9 Å². The van der Waals surface area contributed by atoms with Crippen molar-refractivity contribution in [1.82, 2.24) is 16.0 Å². The molecule has 0 saturated heterocycles. The topological polar surface area (TPSA) is 165 Å². The molecule has 12 heteroatoms. The highest BCUT2D eigenvalue weighted by Gasteiger charge is 2.38. The predicted molar refractivity (Wildman–Crippen MR) is 148 cm³/mol. The third-order valence-electron chi connectivity index (χ3n) is 6.68. The Labute approximate surface area is 241 Å². The van der Waals surface area contributed by atoms with E-state index in [0.29, 0.717) is 47.1 Å². The van der Waals surface area contributed by atoms with Gasteiger partial charge >= 0.3 is 0 Å². The van der Waals surface area contributed by atoms with Gasteiger partial charge in [0.2, 0.25) is 30.2 Å². The SMILES string of the molecule is CC(=O)NCCc1ccc2c(c1)O[C@@H](NC(C)=O)[C@H](c1ccc3c(c1)O[C@@H](c1ccc(O)c(O)c1)[C@H](NC(C)=O)O3)O2. The second kappa shape index (κ2) is 11.8. The number of amides is 3. The van der Waals surface area contributed by atoms with Crippen LogP contribution in [-0.2, 0) is 20.8 Å². The average Bonchev–Trinajstić information content (AvgIpc) is 2.93. The molecule has 0 radical (unpaired) electrons. The van der Waals surface area contributed by atoms with Crippen molar-refractivity contribution >= 4 is 17.7 Å². The molecular weight excluding hydrogens is 546 g/mol. The Bertz CT molecular complexity index is 1530. The standard InChI is InChI=1S/C30H31N3O9/c1-15(34)31-11-10-18-4-8-23-25(12-18)42-30(33-17(3)36)28(39-23)20-6-9-24-26(14-20)40-27(29(41-24)32-16(2)35)19-5-7-21(37)22(38)13-19/h4-9,12-14,27-30,37-38H,10-11H2,1-3H3,(H,31,34)(H,32,35)(H,33,36)/t27-,28-,29+,30+/m0/s1. The molecule has 0 aliphatic carbocycles. The largest absolute Gasteiger partial charge is 0.504 e. The highest BCUT2D eigenvalue weighted by molar-refractivity contribution is 5.74. The van der Waals surface area contributed by atoms with Crippen LogP contribution in [0.5, 0.6) is 34.5 Å². The molecule has 0 fully saturated rings. The van der Waals surface area contributed by atoms with Gasteiger partial charge in [-0.05, 0) is 48.4 Å². The minimum atomic E-state index is -0.919. The summed E-state index contributed by atoms with van der Waals surface area (Å²) >= 11 is 0. The molecule has 0 bridgehead atoms. The Morgan fingerprint density at radius 1 is 0.643 bits per heavy atom. The van der Waals surface area contributed by atoms with Crippen LogP contribution < -0.4 is 34.9 Å². The van der Waals surface area contributed by atoms with Crippen LogP contribution in [0.25, 0.3) is 0 Å². The number of carbonyl (C=O) groups excluding carboxylic acids is 3. The first-order valence-corrected chi connectivity index (χ1v) is 13.3. The first kappa shape index (κ1) is 28.4. The van der Waals surface area contributed by atoms with Gasteiger partial charge in [0.05, 0.1) is 0 Å². The monoisotopic (exact) mass is 577 g/mol. The van der Waals surface area contributed by atoms with Gasteiger partial charge < -0.3 is 45.1 Å². The van der Waals surface area contributed by atoms with E-state index in [1.807, 2.05) is 12.1 Å². The van der Waals surface area contributed by atoms with Crippen molar-refractivity contribution in [3.63, 3.8) is 0 Å². The first-order valence-electron chi connectivity index (χ1n) is 13.3. The molecule has 3 aromatic carbocycles. The Hall–Kier alpha value is -5.13. The van der Waals surface area contributed by atoms with Crippen molar-refractivity contribution in [2.75, 3.05) is 6.54 Å². The van der Waals surface area contributed by atoms with Crippen LogP contribution in [0.4, 0.5) is 0 Å². The molecule has 0 unspecified atom stereocenters. The van der Waals surface area contributed by atoms with E-state index in [9.17, 15) is 24.6 Å². The van der Waals surface area contributed by atoms with Crippen LogP contribution in [0.1, 0.15) is 49.7 Å². The zero-order chi connectivity index (χ0) is 30.0. The first-order chi connectivity index (χ1) is 20.1. The molecule has 0 aromatic heterocycles. The maximum absolute atomic E-state index is 12.1. The predicted octanol–water partition coefficient (Wildman–Crippen LogP) is 2.73. The zero-order valence-corrected chi connectivity index (χ0v) is 23.2. The summed E-state index contributed by atoms with van der Waals surface area (Å²) in [5.41, 5.74) is 1.99. The number of rotatable bonds is 7. The normalized spacial score (nSPS) is 20.3. The van der Waals surface area contributed by atoms with Gasteiger partial charge in [0.1, 0.15) is 0 Å². The number of aromatic hydroxyl groups is 2. The Kier molecular flexibility index (Phi) is 7.96. The lowest BCUT2D eigenvalue weighted by molar-refractivity contribution is -0.125. The van der Waals surface area contributed by atoms with E-state index in [1.54, 1.807) is 30.3 Å². The van der Waals surface area contributed by atoms with E-state index in [-0.39, 0.29) is 29.2 Å². The molecule has 4 atom stereocenters. The van der Waals surface area contributed by atoms with Gasteiger partial charge in [-0.3, -0.25) is 14.4 Å². The van der Waals surface area contributed by atoms with Crippen LogP contribution in [0.3, 0.4) is 0 Å². The van der Waals surface area contributed by atoms with Crippen LogP contribution in [0, 0.1) is 0 Å². The summed E-state index contributed by atoms with van der Waals surface area (Å²) in [6.45, 7) is 4.65. The van der Waals surface area contributed by atoms with Crippen LogP contribution in [-0.4, -0.2) is 46.9 Å². The van der Waals surface area contributed by atoms with Gasteiger partial charge in [0.25, 0.3) is 0 Å². The molecule has 0 saturated carbocycles. The van der Waals surface area contributed by atoms with Gasteiger partial charge in [-0.1, -0.05) is 18.2 Å². The van der Waals surface area contributed by atoms with E-state index >= 15 is 0 Å². The molecule has 5 rings (SSSR count). The number of benzene rings is 3. The molecule has 12 nitrogen and oxygen atoms in total. The third-order valence-corrected chi connectivity index (χ3v) is 6.68. The second-order valence-corrected chi connectivity index (χ2v) is 10.0. The quantitative estimate of drug-likeness (QED) is 0.266. The summed E-state index contributed by atoms with van der Waals surface area (Å²) in [5.74, 6) is 0.189. The highest BCUT2D eigenvalue weighted by Crippen LogP contribution is 2.44. The lowest BCUT2D eigenvalue weighted by atomic mass is 10.0. The summed E-state index contributed by atoms with van der Waals surface area (Å²) in [7, 11) is 0. The number of carbonyl (C=O) groups is 3. The van der Waals surface area contributed by atoms with Gasteiger partial charge in [0.15, 0.2) is 46.7 Å². The molecule has 220 valence electrons. The van der Waals surface area contributed by atoms with Crippen molar-refractivity contribution in [3.8, 4) is 34.5 Å². The Balaban J connectivity index is 1.43. The van der Waals surface area contributed by atoms with Gasteiger partial charge in [0, 0.05) is 38.4 Å². The summed E-state index contributed by atoms with van der Waals surface area (Å²) < 4.78 is 24.8. The molecule has 3 amide bonds. The highest BCUT2D eigenvalue weighted by atomic mass is 16.6. The fraction of sp³-hybridized carbons (Fsp3) is 0.300. The Morgan fingerprint density at radius 2 is 1.19 bits per heavy atom. The number of ether oxygens (including phenoxy) is 4. The molecule has 2 aliphatic heterocycles. The molecular formula is C30H31N3O9. The maximum atomic E-state index is 12.1. The number of hydrogen-bond donors (Lipinski definition) is 5. The summed E-state index contributed by atoms with van der Waals surface area (Å²) in [4.78, 5) is 35.2. The summed E-state index contributed by atoms with van der Waals surface area (Å²) in [6, 6.07) is 14.8. The fourth-order valence-electron chi connectivity index (χ4n) is 4.78. The molecule has 2 heterocycles. The fourth-order valence-corrected chi connectivity index (χ4v) is 4.78. The second-order valence-electron chi connectivity index (χ2n) is 10.0. The van der Waals surface area contributed by atoms with E-state index < -0.39 is 24.7 Å². The summed E-state index contributed by atoms with van der Waals surface area (Å²) in [6.07, 6.45) is -2.83. The third kappa shape index (κ3) is 6.27. The smallest absolute Gasteiger partial charge is 0.219 e. The number of phenols is 2. The maximum Gasteiger partial charge on any atom is 0.219 e. The van der Waals surface area contributed by atoms with Crippen molar-refractivity contribution in [1.29, 1.82) is 0 Å². The van der Waals surface area contributed by atoms with Crippen LogP contribution in [0.15, 0.2) is 54.6 Å². The lowest BCUT2D eigenvalue weighted by Gasteiger charge is -2.37. The lowest BCUT2D eigenvalue weighted by Crippen LogP contribution is -2.47. The number of fused-ring (bicyclic) bond motifs is 2. The molecule has 0 spiro atoms. The summed E-state index contributed by atoms with van der Waals surface area (Å²) in [5, 5.41) is 28.1. The van der Waals surface area contributed by atoms with Gasteiger partial charge in [-0.15, -0.1) is 0 Å². The average molecular weight is 578 g/mol. The number of hydrogen-bond acceptors (Lipinski definition) is 9. The van der Waals surface area contributed by atoms with Gasteiger partial charge in [-0.2, -0.15) is 0 Å². The molecule has 42 heavy (non-hydrogen) atoms. The van der Waals surface area contributed by atoms with E-state index in [0.717, 1.165) is 5.56 Å².